The second-order valence-corrected chi connectivity index (χ2v) is 5.04. The standard InChI is InChI=1S/C14H18N2O2/c1-9(16-14(2,3)13(15)17)12-8-10-6-4-5-7-11(10)18-12/h4-9,16H,1-3H3,(H2,15,17). The van der Waals surface area contributed by atoms with Crippen molar-refractivity contribution in [2.45, 2.75) is 32.4 Å². The highest BCUT2D eigenvalue weighted by atomic mass is 16.3. The Bertz CT molecular complexity index is 539. The average molecular weight is 246 g/mol. The second-order valence-electron chi connectivity index (χ2n) is 5.04. The van der Waals surface area contributed by atoms with Crippen molar-refractivity contribution in [3.63, 3.8) is 0 Å². The van der Waals surface area contributed by atoms with Crippen molar-refractivity contribution in [2.75, 3.05) is 0 Å². The van der Waals surface area contributed by atoms with Gasteiger partial charge in [0.1, 0.15) is 11.3 Å². The molecule has 4 heteroatoms. The summed E-state index contributed by atoms with van der Waals surface area (Å²) in [4.78, 5) is 11.3. The molecular formula is C14H18N2O2. The number of hydrogen-bond acceptors (Lipinski definition) is 3. The summed E-state index contributed by atoms with van der Waals surface area (Å²) in [6.45, 7) is 5.46. The van der Waals surface area contributed by atoms with Crippen molar-refractivity contribution in [3.8, 4) is 0 Å². The van der Waals surface area contributed by atoms with E-state index < -0.39 is 5.54 Å². The quantitative estimate of drug-likeness (QED) is 0.870. The molecule has 0 aliphatic rings. The number of carbonyl (C=O) groups is 1. The molecule has 0 bridgehead atoms. The molecule has 18 heavy (non-hydrogen) atoms. The van der Waals surface area contributed by atoms with Gasteiger partial charge in [0, 0.05) is 5.39 Å². The Morgan fingerprint density at radius 1 is 1.39 bits per heavy atom. The maximum absolute atomic E-state index is 11.3. The molecule has 0 saturated heterocycles. The number of hydrogen-bond donors (Lipinski definition) is 2. The Labute approximate surface area is 106 Å². The van der Waals surface area contributed by atoms with E-state index in [9.17, 15) is 4.79 Å². The van der Waals surface area contributed by atoms with Gasteiger partial charge in [-0.3, -0.25) is 10.1 Å². The van der Waals surface area contributed by atoms with Crippen LogP contribution in [0.2, 0.25) is 0 Å². The highest BCUT2D eigenvalue weighted by Crippen LogP contribution is 2.24. The molecule has 1 amide bonds. The molecule has 1 atom stereocenters. The smallest absolute Gasteiger partial charge is 0.237 e. The van der Waals surface area contributed by atoms with Crippen molar-refractivity contribution in [2.24, 2.45) is 5.73 Å². The number of primary amides is 1. The first-order chi connectivity index (χ1) is 8.40. The zero-order valence-electron chi connectivity index (χ0n) is 10.9. The van der Waals surface area contributed by atoms with Gasteiger partial charge in [-0.1, -0.05) is 18.2 Å². The number of nitrogens with two attached hydrogens (primary N) is 1. The van der Waals surface area contributed by atoms with Crippen LogP contribution in [0, 0.1) is 0 Å². The molecule has 1 aromatic carbocycles. The van der Waals surface area contributed by atoms with E-state index in [1.165, 1.54) is 0 Å². The lowest BCUT2D eigenvalue weighted by Gasteiger charge is -2.25. The molecule has 1 heterocycles. The van der Waals surface area contributed by atoms with E-state index in [0.717, 1.165) is 16.7 Å². The van der Waals surface area contributed by atoms with Crippen LogP contribution < -0.4 is 11.1 Å². The van der Waals surface area contributed by atoms with Gasteiger partial charge < -0.3 is 10.2 Å². The minimum atomic E-state index is -0.765. The van der Waals surface area contributed by atoms with Crippen molar-refractivity contribution in [1.29, 1.82) is 0 Å². The summed E-state index contributed by atoms with van der Waals surface area (Å²) in [5.74, 6) is 0.413. The third-order valence-electron chi connectivity index (χ3n) is 3.06. The van der Waals surface area contributed by atoms with Gasteiger partial charge in [0.15, 0.2) is 0 Å². The van der Waals surface area contributed by atoms with Gasteiger partial charge in [0.05, 0.1) is 11.6 Å². The molecule has 3 N–H and O–H groups in total. The van der Waals surface area contributed by atoms with Crippen LogP contribution in [-0.2, 0) is 4.79 Å². The first-order valence-corrected chi connectivity index (χ1v) is 5.96. The monoisotopic (exact) mass is 246 g/mol. The third-order valence-corrected chi connectivity index (χ3v) is 3.06. The Hall–Kier alpha value is -1.81. The molecule has 0 aliphatic carbocycles. The molecular weight excluding hydrogens is 228 g/mol. The molecule has 1 aromatic heterocycles. The Balaban J connectivity index is 2.23. The van der Waals surface area contributed by atoms with Crippen molar-refractivity contribution < 1.29 is 9.21 Å². The Morgan fingerprint density at radius 2 is 2.06 bits per heavy atom. The lowest BCUT2D eigenvalue weighted by atomic mass is 10.0. The van der Waals surface area contributed by atoms with Crippen LogP contribution in [0.5, 0.6) is 0 Å². The van der Waals surface area contributed by atoms with Crippen LogP contribution in [0.25, 0.3) is 11.0 Å². The van der Waals surface area contributed by atoms with Crippen LogP contribution in [-0.4, -0.2) is 11.4 Å². The van der Waals surface area contributed by atoms with Gasteiger partial charge in [-0.15, -0.1) is 0 Å². The minimum absolute atomic E-state index is 0.0834. The maximum Gasteiger partial charge on any atom is 0.237 e. The van der Waals surface area contributed by atoms with E-state index >= 15 is 0 Å². The molecule has 0 spiro atoms. The predicted molar refractivity (Wildman–Crippen MR) is 71.0 cm³/mol. The molecule has 1 unspecified atom stereocenters. The maximum atomic E-state index is 11.3. The van der Waals surface area contributed by atoms with Gasteiger partial charge in [0.25, 0.3) is 0 Å². The minimum Gasteiger partial charge on any atom is -0.459 e. The highest BCUT2D eigenvalue weighted by molar-refractivity contribution is 5.83. The van der Waals surface area contributed by atoms with Gasteiger partial charge in [-0.05, 0) is 32.9 Å². The summed E-state index contributed by atoms with van der Waals surface area (Å²) < 4.78 is 5.74. The molecule has 0 fully saturated rings. The number of carbonyl (C=O) groups excluding carboxylic acids is 1. The van der Waals surface area contributed by atoms with Crippen LogP contribution in [0.1, 0.15) is 32.6 Å². The Kier molecular flexibility index (Phi) is 3.13. The average Bonchev–Trinajstić information content (AvgIpc) is 2.71. The molecule has 96 valence electrons. The number of benzene rings is 1. The zero-order valence-corrected chi connectivity index (χ0v) is 10.9. The third kappa shape index (κ3) is 2.38. The van der Waals surface area contributed by atoms with Crippen molar-refractivity contribution in [1.82, 2.24) is 5.32 Å². The first kappa shape index (κ1) is 12.6. The summed E-state index contributed by atoms with van der Waals surface area (Å²) >= 11 is 0. The fourth-order valence-electron chi connectivity index (χ4n) is 1.90. The number of nitrogens with one attached hydrogen (secondary N) is 1. The lowest BCUT2D eigenvalue weighted by Crippen LogP contribution is -2.51. The molecule has 0 saturated carbocycles. The number of fused-ring (bicyclic) bond motifs is 1. The second kappa shape index (κ2) is 4.46. The van der Waals surface area contributed by atoms with Gasteiger partial charge in [0.2, 0.25) is 5.91 Å². The molecule has 0 radical (unpaired) electrons. The Morgan fingerprint density at radius 3 is 2.67 bits per heavy atom. The summed E-state index contributed by atoms with van der Waals surface area (Å²) in [5, 5.41) is 4.22. The normalized spacial score (nSPS) is 13.7. The van der Waals surface area contributed by atoms with Crippen molar-refractivity contribution >= 4 is 16.9 Å². The molecule has 2 rings (SSSR count). The van der Waals surface area contributed by atoms with E-state index in [0.29, 0.717) is 0 Å². The van der Waals surface area contributed by atoms with Crippen LogP contribution >= 0.6 is 0 Å². The largest absolute Gasteiger partial charge is 0.459 e. The molecule has 4 nitrogen and oxygen atoms in total. The zero-order chi connectivity index (χ0) is 13.3. The van der Waals surface area contributed by atoms with Gasteiger partial charge >= 0.3 is 0 Å². The molecule has 2 aromatic rings. The van der Waals surface area contributed by atoms with Crippen LogP contribution in [0.4, 0.5) is 0 Å². The summed E-state index contributed by atoms with van der Waals surface area (Å²) in [5.41, 5.74) is 5.42. The van der Waals surface area contributed by atoms with Crippen LogP contribution in [0.3, 0.4) is 0 Å². The number of amides is 1. The highest BCUT2D eigenvalue weighted by Gasteiger charge is 2.27. The number of furan rings is 1. The first-order valence-electron chi connectivity index (χ1n) is 5.96. The van der Waals surface area contributed by atoms with E-state index in [2.05, 4.69) is 5.32 Å². The summed E-state index contributed by atoms with van der Waals surface area (Å²) in [7, 11) is 0. The van der Waals surface area contributed by atoms with Crippen LogP contribution in [0.15, 0.2) is 34.7 Å². The summed E-state index contributed by atoms with van der Waals surface area (Å²) in [6, 6.07) is 9.71. The number of para-hydroxylation sites is 1. The predicted octanol–water partition coefficient (Wildman–Crippen LogP) is 2.35. The lowest BCUT2D eigenvalue weighted by molar-refractivity contribution is -0.123. The molecule has 0 aliphatic heterocycles. The summed E-state index contributed by atoms with van der Waals surface area (Å²) in [6.07, 6.45) is 0. The number of rotatable bonds is 4. The fraction of sp³-hybridized carbons (Fsp3) is 0.357. The van der Waals surface area contributed by atoms with E-state index in [4.69, 9.17) is 10.2 Å². The fourth-order valence-corrected chi connectivity index (χ4v) is 1.90. The van der Waals surface area contributed by atoms with E-state index in [1.54, 1.807) is 13.8 Å². The van der Waals surface area contributed by atoms with E-state index in [-0.39, 0.29) is 11.9 Å². The van der Waals surface area contributed by atoms with Crippen molar-refractivity contribution in [3.05, 3.63) is 36.1 Å². The van der Waals surface area contributed by atoms with Gasteiger partial charge in [-0.2, -0.15) is 0 Å². The topological polar surface area (TPSA) is 68.3 Å². The van der Waals surface area contributed by atoms with E-state index in [1.807, 2.05) is 37.3 Å². The SMILES string of the molecule is CC(NC(C)(C)C(N)=O)c1cc2ccccc2o1. The van der Waals surface area contributed by atoms with Gasteiger partial charge in [-0.25, -0.2) is 0 Å².